The highest BCUT2D eigenvalue weighted by Gasteiger charge is 2.28. The summed E-state index contributed by atoms with van der Waals surface area (Å²) >= 11 is 0. The van der Waals surface area contributed by atoms with Gasteiger partial charge in [-0.15, -0.1) is 0 Å². The minimum atomic E-state index is 0.301. The maximum Gasteiger partial charge on any atom is 0.0750 e. The summed E-state index contributed by atoms with van der Waals surface area (Å²) in [6, 6.07) is 5.18. The molecule has 0 amide bonds. The van der Waals surface area contributed by atoms with Crippen LogP contribution in [0.1, 0.15) is 32.9 Å². The van der Waals surface area contributed by atoms with Gasteiger partial charge in [0, 0.05) is 38.1 Å². The van der Waals surface area contributed by atoms with Gasteiger partial charge >= 0.3 is 0 Å². The normalized spacial score (nSPS) is 23.0. The van der Waals surface area contributed by atoms with Gasteiger partial charge in [-0.3, -0.25) is 4.98 Å². The van der Waals surface area contributed by atoms with E-state index < -0.39 is 0 Å². The van der Waals surface area contributed by atoms with Gasteiger partial charge in [0.2, 0.25) is 0 Å². The summed E-state index contributed by atoms with van der Waals surface area (Å²) in [6.07, 6.45) is 3.29. The SMILES string of the molecule is CC(C)NCc1cc(N(C)C2CCOC2C)ccn1. The van der Waals surface area contributed by atoms with Gasteiger partial charge in [-0.05, 0) is 25.5 Å². The smallest absolute Gasteiger partial charge is 0.0750 e. The first-order valence-corrected chi connectivity index (χ1v) is 7.10. The van der Waals surface area contributed by atoms with Gasteiger partial charge in [0.1, 0.15) is 0 Å². The Morgan fingerprint density at radius 2 is 2.32 bits per heavy atom. The predicted octanol–water partition coefficient (Wildman–Crippen LogP) is 2.19. The molecular formula is C15H25N3O. The Morgan fingerprint density at radius 3 is 2.95 bits per heavy atom. The molecule has 0 spiro atoms. The predicted molar refractivity (Wildman–Crippen MR) is 78.4 cm³/mol. The molecule has 1 N–H and O–H groups in total. The van der Waals surface area contributed by atoms with Crippen LogP contribution in [0.2, 0.25) is 0 Å². The van der Waals surface area contributed by atoms with Crippen LogP contribution in [0.3, 0.4) is 0 Å². The number of aromatic nitrogens is 1. The zero-order valence-electron chi connectivity index (χ0n) is 12.4. The summed E-state index contributed by atoms with van der Waals surface area (Å²) in [5.74, 6) is 0. The van der Waals surface area contributed by atoms with Crippen molar-refractivity contribution in [2.45, 2.75) is 51.9 Å². The van der Waals surface area contributed by atoms with Crippen LogP contribution >= 0.6 is 0 Å². The molecule has 2 atom stereocenters. The van der Waals surface area contributed by atoms with E-state index in [9.17, 15) is 0 Å². The fourth-order valence-electron chi connectivity index (χ4n) is 2.51. The Morgan fingerprint density at radius 1 is 1.53 bits per heavy atom. The van der Waals surface area contributed by atoms with Gasteiger partial charge in [0.05, 0.1) is 17.8 Å². The molecule has 1 aromatic heterocycles. The minimum absolute atomic E-state index is 0.301. The van der Waals surface area contributed by atoms with Crippen LogP contribution in [0.25, 0.3) is 0 Å². The standard InChI is InChI=1S/C15H25N3O/c1-11(2)17-10-13-9-14(5-7-16-13)18(4)15-6-8-19-12(15)3/h5,7,9,11-12,15,17H,6,8,10H2,1-4H3. The Hall–Kier alpha value is -1.13. The second-order valence-corrected chi connectivity index (χ2v) is 5.58. The number of nitrogens with one attached hydrogen (secondary N) is 1. The highest BCUT2D eigenvalue weighted by molar-refractivity contribution is 5.47. The summed E-state index contributed by atoms with van der Waals surface area (Å²) in [6.45, 7) is 8.12. The lowest BCUT2D eigenvalue weighted by Gasteiger charge is -2.29. The van der Waals surface area contributed by atoms with Crippen molar-refractivity contribution in [3.05, 3.63) is 24.0 Å². The largest absolute Gasteiger partial charge is 0.376 e. The van der Waals surface area contributed by atoms with Crippen LogP contribution in [0, 0.1) is 0 Å². The van der Waals surface area contributed by atoms with E-state index in [4.69, 9.17) is 4.74 Å². The van der Waals surface area contributed by atoms with E-state index in [-0.39, 0.29) is 0 Å². The van der Waals surface area contributed by atoms with Crippen molar-refractivity contribution in [3.8, 4) is 0 Å². The van der Waals surface area contributed by atoms with Crippen LogP contribution in [0.15, 0.2) is 18.3 Å². The number of hydrogen-bond donors (Lipinski definition) is 1. The molecule has 2 rings (SSSR count). The lowest BCUT2D eigenvalue weighted by Crippen LogP contribution is -2.36. The molecule has 4 heteroatoms. The second kappa shape index (κ2) is 6.35. The van der Waals surface area contributed by atoms with Crippen molar-refractivity contribution < 1.29 is 4.74 Å². The second-order valence-electron chi connectivity index (χ2n) is 5.58. The first-order chi connectivity index (χ1) is 9.08. The van der Waals surface area contributed by atoms with Gasteiger partial charge in [-0.25, -0.2) is 0 Å². The molecule has 1 fully saturated rings. The molecule has 2 heterocycles. The third-order valence-electron chi connectivity index (χ3n) is 3.73. The van der Waals surface area contributed by atoms with E-state index in [0.29, 0.717) is 18.2 Å². The minimum Gasteiger partial charge on any atom is -0.376 e. The summed E-state index contributed by atoms with van der Waals surface area (Å²) in [7, 11) is 2.14. The molecule has 2 unspecified atom stereocenters. The number of rotatable bonds is 5. The molecular weight excluding hydrogens is 238 g/mol. The highest BCUT2D eigenvalue weighted by Crippen LogP contribution is 2.24. The maximum absolute atomic E-state index is 5.65. The maximum atomic E-state index is 5.65. The molecule has 19 heavy (non-hydrogen) atoms. The van der Waals surface area contributed by atoms with E-state index in [1.807, 2.05) is 6.20 Å². The Balaban J connectivity index is 2.05. The number of hydrogen-bond acceptors (Lipinski definition) is 4. The quantitative estimate of drug-likeness (QED) is 0.883. The average Bonchev–Trinajstić information content (AvgIpc) is 2.82. The Bertz CT molecular complexity index is 408. The zero-order chi connectivity index (χ0) is 13.8. The van der Waals surface area contributed by atoms with Gasteiger partial charge < -0.3 is 15.0 Å². The number of nitrogens with zero attached hydrogens (tertiary/aromatic N) is 2. The molecule has 1 aliphatic rings. The van der Waals surface area contributed by atoms with E-state index in [2.05, 4.69) is 55.2 Å². The Labute approximate surface area is 116 Å². The van der Waals surface area contributed by atoms with Crippen molar-refractivity contribution in [2.75, 3.05) is 18.6 Å². The molecule has 0 aliphatic carbocycles. The van der Waals surface area contributed by atoms with Crippen molar-refractivity contribution in [3.63, 3.8) is 0 Å². The van der Waals surface area contributed by atoms with Crippen LogP contribution < -0.4 is 10.2 Å². The number of anilines is 1. The van der Waals surface area contributed by atoms with Crippen LogP contribution in [-0.4, -0.2) is 36.8 Å². The summed E-state index contributed by atoms with van der Waals surface area (Å²) < 4.78 is 5.65. The fourth-order valence-corrected chi connectivity index (χ4v) is 2.51. The van der Waals surface area contributed by atoms with Crippen LogP contribution in [0.4, 0.5) is 5.69 Å². The van der Waals surface area contributed by atoms with Crippen molar-refractivity contribution >= 4 is 5.69 Å². The molecule has 0 aromatic carbocycles. The number of ether oxygens (including phenoxy) is 1. The lowest BCUT2D eigenvalue weighted by molar-refractivity contribution is 0.118. The zero-order valence-corrected chi connectivity index (χ0v) is 12.4. The third-order valence-corrected chi connectivity index (χ3v) is 3.73. The molecule has 0 saturated carbocycles. The van der Waals surface area contributed by atoms with Crippen molar-refractivity contribution in [2.24, 2.45) is 0 Å². The Kier molecular flexibility index (Phi) is 4.77. The van der Waals surface area contributed by atoms with Gasteiger partial charge in [-0.1, -0.05) is 13.8 Å². The van der Waals surface area contributed by atoms with E-state index in [1.54, 1.807) is 0 Å². The van der Waals surface area contributed by atoms with E-state index in [0.717, 1.165) is 25.3 Å². The lowest BCUT2D eigenvalue weighted by atomic mass is 10.1. The fraction of sp³-hybridized carbons (Fsp3) is 0.667. The molecule has 1 aliphatic heterocycles. The topological polar surface area (TPSA) is 37.4 Å². The molecule has 0 bridgehead atoms. The number of pyridine rings is 1. The van der Waals surface area contributed by atoms with Crippen LogP contribution in [-0.2, 0) is 11.3 Å². The average molecular weight is 263 g/mol. The third kappa shape index (κ3) is 3.67. The van der Waals surface area contributed by atoms with Gasteiger partial charge in [0.25, 0.3) is 0 Å². The molecule has 1 saturated heterocycles. The summed E-state index contributed by atoms with van der Waals surface area (Å²) in [5.41, 5.74) is 2.31. The molecule has 4 nitrogen and oxygen atoms in total. The molecule has 0 radical (unpaired) electrons. The first-order valence-electron chi connectivity index (χ1n) is 7.10. The van der Waals surface area contributed by atoms with Crippen LogP contribution in [0.5, 0.6) is 0 Å². The van der Waals surface area contributed by atoms with E-state index in [1.165, 1.54) is 5.69 Å². The van der Waals surface area contributed by atoms with Crippen molar-refractivity contribution in [1.29, 1.82) is 0 Å². The molecule has 106 valence electrons. The summed E-state index contributed by atoms with van der Waals surface area (Å²) in [5, 5.41) is 3.40. The van der Waals surface area contributed by atoms with E-state index >= 15 is 0 Å². The molecule has 1 aromatic rings. The summed E-state index contributed by atoms with van der Waals surface area (Å²) in [4.78, 5) is 6.74. The highest BCUT2D eigenvalue weighted by atomic mass is 16.5. The van der Waals surface area contributed by atoms with Crippen molar-refractivity contribution in [1.82, 2.24) is 10.3 Å². The van der Waals surface area contributed by atoms with Gasteiger partial charge in [0.15, 0.2) is 0 Å². The van der Waals surface area contributed by atoms with Gasteiger partial charge in [-0.2, -0.15) is 0 Å². The first kappa shape index (κ1) is 14.3. The number of likely N-dealkylation sites (N-methyl/N-ethyl adjacent to an activating group) is 1. The monoisotopic (exact) mass is 263 g/mol.